The summed E-state index contributed by atoms with van der Waals surface area (Å²) in [5, 5.41) is 0. The molecule has 0 radical (unpaired) electrons. The standard InChI is InChI=1S/C14H20O8S/c1-20-6-9(5-15)10-3-8-4-11(10)14(21-2)13(8)22-12(16)7-23(17,18)19/h8,10-11,13-14H,3-4,6-7H2,1-2H3,(H,17,18,19). The topological polar surface area (TPSA) is 116 Å². The molecule has 2 saturated carbocycles. The minimum atomic E-state index is -4.43. The zero-order valence-corrected chi connectivity index (χ0v) is 13.7. The molecule has 0 heterocycles. The second-order valence-corrected chi connectivity index (χ2v) is 7.40. The molecule has 23 heavy (non-hydrogen) atoms. The van der Waals surface area contributed by atoms with Crippen LogP contribution < -0.4 is 0 Å². The average molecular weight is 348 g/mol. The molecule has 0 aliphatic heterocycles. The third kappa shape index (κ3) is 3.99. The van der Waals surface area contributed by atoms with E-state index in [9.17, 15) is 18.0 Å². The van der Waals surface area contributed by atoms with Gasteiger partial charge in [-0.15, -0.1) is 0 Å². The molecule has 2 fully saturated rings. The molecule has 8 nitrogen and oxygen atoms in total. The summed E-state index contributed by atoms with van der Waals surface area (Å²) >= 11 is 0. The van der Waals surface area contributed by atoms with E-state index >= 15 is 0 Å². The lowest BCUT2D eigenvalue weighted by atomic mass is 9.80. The van der Waals surface area contributed by atoms with E-state index in [0.717, 1.165) is 0 Å². The van der Waals surface area contributed by atoms with Gasteiger partial charge in [-0.3, -0.25) is 9.35 Å². The lowest BCUT2D eigenvalue weighted by molar-refractivity contribution is -0.158. The number of methoxy groups -OCH3 is 2. The summed E-state index contributed by atoms with van der Waals surface area (Å²) in [7, 11) is -1.45. The zero-order valence-electron chi connectivity index (χ0n) is 12.9. The van der Waals surface area contributed by atoms with Crippen molar-refractivity contribution in [3.05, 3.63) is 5.57 Å². The van der Waals surface area contributed by atoms with Gasteiger partial charge in [0.15, 0.2) is 5.75 Å². The summed E-state index contributed by atoms with van der Waals surface area (Å²) in [4.78, 5) is 22.7. The maximum atomic E-state index is 11.6. The van der Waals surface area contributed by atoms with Gasteiger partial charge in [-0.05, 0) is 30.6 Å². The van der Waals surface area contributed by atoms with Crippen LogP contribution in [0.3, 0.4) is 0 Å². The molecule has 1 N–H and O–H groups in total. The van der Waals surface area contributed by atoms with Crippen LogP contribution in [-0.4, -0.2) is 63.7 Å². The monoisotopic (exact) mass is 348 g/mol. The van der Waals surface area contributed by atoms with Crippen LogP contribution in [-0.2, 0) is 33.9 Å². The molecule has 2 aliphatic carbocycles. The third-order valence-electron chi connectivity index (χ3n) is 4.58. The highest BCUT2D eigenvalue weighted by atomic mass is 32.2. The van der Waals surface area contributed by atoms with Gasteiger partial charge in [-0.1, -0.05) is 0 Å². The first-order valence-electron chi connectivity index (χ1n) is 7.21. The molecule has 0 aromatic heterocycles. The van der Waals surface area contributed by atoms with Gasteiger partial charge in [0.25, 0.3) is 10.1 Å². The fourth-order valence-electron chi connectivity index (χ4n) is 3.83. The number of fused-ring (bicyclic) bond motifs is 2. The second kappa shape index (κ2) is 7.11. The first-order valence-corrected chi connectivity index (χ1v) is 8.81. The number of rotatable bonds is 7. The minimum Gasteiger partial charge on any atom is -0.458 e. The van der Waals surface area contributed by atoms with Crippen molar-refractivity contribution in [3.8, 4) is 0 Å². The highest BCUT2D eigenvalue weighted by Crippen LogP contribution is 2.52. The normalized spacial score (nSPS) is 32.6. The van der Waals surface area contributed by atoms with Gasteiger partial charge in [-0.25, -0.2) is 4.79 Å². The molecule has 9 heteroatoms. The SMILES string of the molecule is COCC(=C=O)C1CC2CC1C(OC)C2OC(=O)CS(=O)(=O)O. The molecule has 2 bridgehead atoms. The molecular formula is C14H20O8S. The smallest absolute Gasteiger partial charge is 0.324 e. The molecule has 0 aromatic rings. The first kappa shape index (κ1) is 18.1. The van der Waals surface area contributed by atoms with Crippen molar-refractivity contribution in [2.45, 2.75) is 25.0 Å². The van der Waals surface area contributed by atoms with Gasteiger partial charge in [0.05, 0.1) is 12.7 Å². The minimum absolute atomic E-state index is 0.0138. The summed E-state index contributed by atoms with van der Waals surface area (Å²) < 4.78 is 45.8. The van der Waals surface area contributed by atoms with Crippen molar-refractivity contribution in [1.82, 2.24) is 0 Å². The van der Waals surface area contributed by atoms with Crippen molar-refractivity contribution in [1.29, 1.82) is 0 Å². The van der Waals surface area contributed by atoms with Crippen molar-refractivity contribution >= 4 is 22.0 Å². The van der Waals surface area contributed by atoms with E-state index in [4.69, 9.17) is 18.8 Å². The number of ether oxygens (including phenoxy) is 3. The number of carbonyl (C=O) groups excluding carboxylic acids is 2. The Kier molecular flexibility index (Phi) is 5.59. The van der Waals surface area contributed by atoms with Gasteiger partial charge in [0.2, 0.25) is 0 Å². The molecule has 5 unspecified atom stereocenters. The predicted octanol–water partition coefficient (Wildman–Crippen LogP) is -0.139. The van der Waals surface area contributed by atoms with E-state index in [0.29, 0.717) is 18.4 Å². The van der Waals surface area contributed by atoms with E-state index in [1.807, 2.05) is 5.94 Å². The van der Waals surface area contributed by atoms with Crippen LogP contribution in [0.15, 0.2) is 5.57 Å². The molecule has 5 atom stereocenters. The molecule has 0 saturated heterocycles. The second-order valence-electron chi connectivity index (χ2n) is 5.94. The van der Waals surface area contributed by atoms with E-state index in [1.54, 1.807) is 0 Å². The van der Waals surface area contributed by atoms with Crippen LogP contribution in [0.25, 0.3) is 0 Å². The molecule has 130 valence electrons. The number of carbonyl (C=O) groups is 1. The van der Waals surface area contributed by atoms with E-state index in [1.165, 1.54) is 14.2 Å². The molecule has 0 spiro atoms. The van der Waals surface area contributed by atoms with Gasteiger partial charge in [0, 0.05) is 19.8 Å². The van der Waals surface area contributed by atoms with Crippen LogP contribution in [0.1, 0.15) is 12.8 Å². The highest BCUT2D eigenvalue weighted by Gasteiger charge is 2.56. The summed E-state index contributed by atoms with van der Waals surface area (Å²) in [6, 6.07) is 0. The predicted molar refractivity (Wildman–Crippen MR) is 77.9 cm³/mol. The van der Waals surface area contributed by atoms with E-state index < -0.39 is 34.0 Å². The van der Waals surface area contributed by atoms with Crippen molar-refractivity contribution in [2.24, 2.45) is 17.8 Å². The third-order valence-corrected chi connectivity index (χ3v) is 5.18. The summed E-state index contributed by atoms with van der Waals surface area (Å²) in [6.07, 6.45) is 0.333. The Bertz CT molecular complexity index is 606. The van der Waals surface area contributed by atoms with E-state index in [2.05, 4.69) is 0 Å². The zero-order chi connectivity index (χ0) is 17.2. The highest BCUT2D eigenvalue weighted by molar-refractivity contribution is 7.86. The maximum Gasteiger partial charge on any atom is 0.324 e. The Morgan fingerprint density at radius 3 is 2.48 bits per heavy atom. The first-order chi connectivity index (χ1) is 10.8. The van der Waals surface area contributed by atoms with Crippen molar-refractivity contribution in [2.75, 3.05) is 26.6 Å². The summed E-state index contributed by atoms with van der Waals surface area (Å²) in [5.74, 6) is -0.244. The van der Waals surface area contributed by atoms with Crippen LogP contribution in [0, 0.1) is 17.8 Å². The molecule has 0 aromatic carbocycles. The summed E-state index contributed by atoms with van der Waals surface area (Å²) in [6.45, 7) is 0.195. The number of hydrogen-bond acceptors (Lipinski definition) is 7. The Labute approximate surface area is 134 Å². The lowest BCUT2D eigenvalue weighted by Gasteiger charge is -2.34. The molecule has 0 amide bonds. The fraction of sp³-hybridized carbons (Fsp3) is 0.786. The van der Waals surface area contributed by atoms with Gasteiger partial charge >= 0.3 is 5.97 Å². The van der Waals surface area contributed by atoms with Gasteiger partial charge in [0.1, 0.15) is 12.0 Å². The largest absolute Gasteiger partial charge is 0.458 e. The van der Waals surface area contributed by atoms with Gasteiger partial charge in [-0.2, -0.15) is 8.42 Å². The van der Waals surface area contributed by atoms with Gasteiger partial charge < -0.3 is 14.2 Å². The Morgan fingerprint density at radius 2 is 1.96 bits per heavy atom. The lowest BCUT2D eigenvalue weighted by Crippen LogP contribution is -2.42. The number of hydrogen-bond donors (Lipinski definition) is 1. The quantitative estimate of drug-likeness (QED) is 0.384. The molecular weight excluding hydrogens is 328 g/mol. The molecule has 2 rings (SSSR count). The number of esters is 1. The van der Waals surface area contributed by atoms with Crippen LogP contribution in [0.2, 0.25) is 0 Å². The van der Waals surface area contributed by atoms with Crippen molar-refractivity contribution in [3.63, 3.8) is 0 Å². The molecule has 2 aliphatic rings. The maximum absolute atomic E-state index is 11.6. The summed E-state index contributed by atoms with van der Waals surface area (Å²) in [5.41, 5.74) is 0.532. The van der Waals surface area contributed by atoms with Crippen LogP contribution >= 0.6 is 0 Å². The Hall–Kier alpha value is -1.25. The van der Waals surface area contributed by atoms with Crippen molar-refractivity contribution < 1.29 is 36.8 Å². The Balaban J connectivity index is 2.08. The Morgan fingerprint density at radius 1 is 1.26 bits per heavy atom. The van der Waals surface area contributed by atoms with Crippen LogP contribution in [0.4, 0.5) is 0 Å². The van der Waals surface area contributed by atoms with E-state index in [-0.39, 0.29) is 24.4 Å². The fourth-order valence-corrected chi connectivity index (χ4v) is 4.20. The van der Waals surface area contributed by atoms with Crippen LogP contribution in [0.5, 0.6) is 0 Å². The average Bonchev–Trinajstić information content (AvgIpc) is 3.00.